The monoisotopic (exact) mass is 475 g/mol. The SMILES string of the molecule is Cc1c(O)ccc2c1OCCC(Br)=C2c1ccc(OC2CCN(CCCF)C2)cc1. The Hall–Kier alpha value is -2.05. The molecular formula is C24H27BrFNO3. The molecule has 1 N–H and O–H groups in total. The smallest absolute Gasteiger partial charge is 0.133 e. The molecule has 4 nitrogen and oxygen atoms in total. The van der Waals surface area contributed by atoms with Gasteiger partial charge in [0.25, 0.3) is 0 Å². The molecule has 6 heteroatoms. The molecule has 0 amide bonds. The number of phenolic OH excluding ortho intramolecular Hbond substituents is 1. The number of rotatable bonds is 6. The lowest BCUT2D eigenvalue weighted by atomic mass is 9.94. The fraction of sp³-hybridized carbons (Fsp3) is 0.417. The first-order valence-corrected chi connectivity index (χ1v) is 11.3. The Morgan fingerprint density at radius 3 is 2.80 bits per heavy atom. The predicted octanol–water partition coefficient (Wildman–Crippen LogP) is 5.45. The van der Waals surface area contributed by atoms with Gasteiger partial charge in [-0.1, -0.05) is 28.1 Å². The summed E-state index contributed by atoms with van der Waals surface area (Å²) >= 11 is 3.74. The van der Waals surface area contributed by atoms with Crippen LogP contribution in [0.5, 0.6) is 17.2 Å². The maximum absolute atomic E-state index is 12.4. The topological polar surface area (TPSA) is 41.9 Å². The maximum atomic E-state index is 12.4. The third-order valence-corrected chi connectivity index (χ3v) is 6.56. The van der Waals surface area contributed by atoms with Gasteiger partial charge in [-0.2, -0.15) is 0 Å². The Balaban J connectivity index is 1.52. The van der Waals surface area contributed by atoms with Gasteiger partial charge < -0.3 is 14.6 Å². The van der Waals surface area contributed by atoms with E-state index in [1.54, 1.807) is 6.07 Å². The first-order chi connectivity index (χ1) is 14.6. The van der Waals surface area contributed by atoms with Crippen LogP contribution in [-0.4, -0.2) is 49.0 Å². The quantitative estimate of drug-likeness (QED) is 0.602. The molecule has 2 heterocycles. The summed E-state index contributed by atoms with van der Waals surface area (Å²) < 4.78 is 25.6. The van der Waals surface area contributed by atoms with Gasteiger partial charge in [-0.05, 0) is 49.6 Å². The van der Waals surface area contributed by atoms with Crippen molar-refractivity contribution in [3.8, 4) is 17.2 Å². The van der Waals surface area contributed by atoms with E-state index in [2.05, 4.69) is 33.0 Å². The second-order valence-corrected chi connectivity index (χ2v) is 8.82. The molecule has 0 radical (unpaired) electrons. The number of fused-ring (bicyclic) bond motifs is 1. The van der Waals surface area contributed by atoms with Crippen molar-refractivity contribution in [3.63, 3.8) is 0 Å². The average Bonchev–Trinajstić information content (AvgIpc) is 3.12. The molecule has 4 rings (SSSR count). The third kappa shape index (κ3) is 4.49. The van der Waals surface area contributed by atoms with E-state index in [0.717, 1.165) is 70.7 Å². The van der Waals surface area contributed by atoms with Gasteiger partial charge in [-0.15, -0.1) is 0 Å². The molecule has 30 heavy (non-hydrogen) atoms. The van der Waals surface area contributed by atoms with Gasteiger partial charge >= 0.3 is 0 Å². The number of hydrogen-bond donors (Lipinski definition) is 1. The van der Waals surface area contributed by atoms with E-state index in [1.807, 2.05) is 25.1 Å². The van der Waals surface area contributed by atoms with E-state index in [0.29, 0.717) is 13.0 Å². The summed E-state index contributed by atoms with van der Waals surface area (Å²) in [6, 6.07) is 11.8. The number of likely N-dealkylation sites (tertiary alicyclic amines) is 1. The fourth-order valence-electron chi connectivity index (χ4n) is 4.16. The van der Waals surface area contributed by atoms with Crippen molar-refractivity contribution in [2.75, 3.05) is 32.9 Å². The summed E-state index contributed by atoms with van der Waals surface area (Å²) in [5, 5.41) is 10.1. The molecule has 0 aliphatic carbocycles. The maximum Gasteiger partial charge on any atom is 0.133 e. The van der Waals surface area contributed by atoms with E-state index in [-0.39, 0.29) is 18.5 Å². The molecule has 1 unspecified atom stereocenters. The van der Waals surface area contributed by atoms with Crippen molar-refractivity contribution in [1.82, 2.24) is 4.90 Å². The van der Waals surface area contributed by atoms with E-state index < -0.39 is 0 Å². The molecule has 2 aromatic carbocycles. The van der Waals surface area contributed by atoms with Gasteiger partial charge in [0.05, 0.1) is 13.3 Å². The lowest BCUT2D eigenvalue weighted by Gasteiger charge is -2.17. The first kappa shape index (κ1) is 21.2. The molecule has 0 bridgehead atoms. The van der Waals surface area contributed by atoms with Crippen LogP contribution in [0.4, 0.5) is 4.39 Å². The number of benzene rings is 2. The minimum atomic E-state index is -0.262. The Bertz CT molecular complexity index is 929. The van der Waals surface area contributed by atoms with E-state index in [1.165, 1.54) is 0 Å². The largest absolute Gasteiger partial charge is 0.508 e. The Morgan fingerprint density at radius 2 is 2.03 bits per heavy atom. The van der Waals surface area contributed by atoms with Crippen LogP contribution in [0.1, 0.15) is 36.0 Å². The van der Waals surface area contributed by atoms with E-state index in [9.17, 15) is 9.50 Å². The van der Waals surface area contributed by atoms with Crippen LogP contribution in [-0.2, 0) is 0 Å². The standard InChI is InChI=1S/C24H27BrFNO3/c1-16-22(28)8-7-20-23(21(25)10-14-29-24(16)20)17-3-5-18(6-4-17)30-19-9-13-27(15-19)12-2-11-26/h3-8,19,28H,2,9-15H2,1H3. The lowest BCUT2D eigenvalue weighted by Crippen LogP contribution is -2.26. The predicted molar refractivity (Wildman–Crippen MR) is 120 cm³/mol. The zero-order valence-corrected chi connectivity index (χ0v) is 18.8. The summed E-state index contributed by atoms with van der Waals surface area (Å²) in [5.41, 5.74) is 3.88. The Kier molecular flexibility index (Phi) is 6.64. The normalized spacial score (nSPS) is 19.4. The molecule has 2 aliphatic heterocycles. The minimum Gasteiger partial charge on any atom is -0.508 e. The van der Waals surface area contributed by atoms with Crippen LogP contribution in [0.3, 0.4) is 0 Å². The number of halogens is 2. The van der Waals surface area contributed by atoms with Crippen molar-refractivity contribution in [1.29, 1.82) is 0 Å². The first-order valence-electron chi connectivity index (χ1n) is 10.5. The summed E-state index contributed by atoms with van der Waals surface area (Å²) in [4.78, 5) is 2.26. The van der Waals surface area contributed by atoms with Crippen LogP contribution in [0, 0.1) is 6.92 Å². The van der Waals surface area contributed by atoms with Gasteiger partial charge in [0.2, 0.25) is 0 Å². The van der Waals surface area contributed by atoms with Crippen LogP contribution in [0.25, 0.3) is 5.57 Å². The number of alkyl halides is 1. The number of phenols is 1. The molecule has 0 aromatic heterocycles. The summed E-state index contributed by atoms with van der Waals surface area (Å²) in [5.74, 6) is 1.82. The molecule has 1 fully saturated rings. The summed E-state index contributed by atoms with van der Waals surface area (Å²) in [6.07, 6.45) is 2.48. The summed E-state index contributed by atoms with van der Waals surface area (Å²) in [6.45, 7) is 4.79. The molecule has 1 atom stereocenters. The van der Waals surface area contributed by atoms with Crippen molar-refractivity contribution in [2.45, 2.75) is 32.3 Å². The molecule has 0 saturated carbocycles. The molecule has 0 spiro atoms. The molecule has 160 valence electrons. The number of aromatic hydroxyl groups is 1. The van der Waals surface area contributed by atoms with Gasteiger partial charge in [-0.3, -0.25) is 9.29 Å². The molecule has 2 aromatic rings. The van der Waals surface area contributed by atoms with Gasteiger partial charge in [0, 0.05) is 47.2 Å². The van der Waals surface area contributed by atoms with Crippen molar-refractivity contribution in [3.05, 3.63) is 57.6 Å². The number of hydrogen-bond acceptors (Lipinski definition) is 4. The van der Waals surface area contributed by atoms with Crippen LogP contribution in [0.2, 0.25) is 0 Å². The van der Waals surface area contributed by atoms with Crippen LogP contribution in [0.15, 0.2) is 40.9 Å². The van der Waals surface area contributed by atoms with E-state index >= 15 is 0 Å². The second-order valence-electron chi connectivity index (χ2n) is 7.86. The lowest BCUT2D eigenvalue weighted by molar-refractivity contribution is 0.198. The van der Waals surface area contributed by atoms with Crippen LogP contribution >= 0.6 is 15.9 Å². The van der Waals surface area contributed by atoms with Gasteiger partial charge in [0.15, 0.2) is 0 Å². The fourth-order valence-corrected chi connectivity index (χ4v) is 4.77. The Labute approximate surface area is 185 Å². The van der Waals surface area contributed by atoms with Crippen molar-refractivity contribution in [2.24, 2.45) is 0 Å². The minimum absolute atomic E-state index is 0.152. The zero-order valence-electron chi connectivity index (χ0n) is 17.2. The zero-order chi connectivity index (χ0) is 21.1. The summed E-state index contributed by atoms with van der Waals surface area (Å²) in [7, 11) is 0. The van der Waals surface area contributed by atoms with Crippen molar-refractivity contribution < 1.29 is 19.0 Å². The van der Waals surface area contributed by atoms with Crippen LogP contribution < -0.4 is 9.47 Å². The number of ether oxygens (including phenoxy) is 2. The second kappa shape index (κ2) is 9.40. The van der Waals surface area contributed by atoms with Gasteiger partial charge in [-0.25, -0.2) is 0 Å². The highest BCUT2D eigenvalue weighted by atomic mass is 79.9. The third-order valence-electron chi connectivity index (χ3n) is 5.77. The highest BCUT2D eigenvalue weighted by Gasteiger charge is 2.24. The molecule has 2 aliphatic rings. The van der Waals surface area contributed by atoms with Gasteiger partial charge in [0.1, 0.15) is 23.4 Å². The van der Waals surface area contributed by atoms with Crippen molar-refractivity contribution >= 4 is 21.5 Å². The molecular weight excluding hydrogens is 449 g/mol. The molecule has 1 saturated heterocycles. The average molecular weight is 476 g/mol. The number of nitrogens with zero attached hydrogens (tertiary/aromatic N) is 1. The highest BCUT2D eigenvalue weighted by Crippen LogP contribution is 2.43. The van der Waals surface area contributed by atoms with E-state index in [4.69, 9.17) is 9.47 Å². The Morgan fingerprint density at radius 1 is 1.23 bits per heavy atom. The highest BCUT2D eigenvalue weighted by molar-refractivity contribution is 9.11.